The molecule has 0 aromatic heterocycles. The SMILES string of the molecule is Cc1ccc(NC(=O)COC(=O)CSc2ccc3ccccc3c2)cc1Cl. The van der Waals surface area contributed by atoms with Crippen LogP contribution in [0.4, 0.5) is 5.69 Å². The van der Waals surface area contributed by atoms with Gasteiger partial charge in [0.05, 0.1) is 5.75 Å². The summed E-state index contributed by atoms with van der Waals surface area (Å²) in [6.45, 7) is 1.55. The first-order valence-corrected chi connectivity index (χ1v) is 9.71. The summed E-state index contributed by atoms with van der Waals surface area (Å²) in [6, 6.07) is 19.3. The lowest BCUT2D eigenvalue weighted by molar-refractivity contribution is -0.144. The molecule has 0 saturated carbocycles. The van der Waals surface area contributed by atoms with Gasteiger partial charge in [-0.3, -0.25) is 9.59 Å². The standard InChI is InChI=1S/C21H18ClNO3S/c1-14-6-8-17(11-19(14)22)23-20(24)12-26-21(25)13-27-18-9-7-15-4-2-3-5-16(15)10-18/h2-11H,12-13H2,1H3,(H,23,24). The van der Waals surface area contributed by atoms with Crippen LogP contribution in [0.1, 0.15) is 5.56 Å². The lowest BCUT2D eigenvalue weighted by Crippen LogP contribution is -2.21. The Labute approximate surface area is 166 Å². The molecule has 4 nitrogen and oxygen atoms in total. The van der Waals surface area contributed by atoms with E-state index < -0.39 is 11.9 Å². The minimum absolute atomic E-state index is 0.141. The molecule has 0 aliphatic carbocycles. The van der Waals surface area contributed by atoms with Crippen molar-refractivity contribution >= 4 is 51.7 Å². The molecule has 3 aromatic carbocycles. The average molecular weight is 400 g/mol. The summed E-state index contributed by atoms with van der Waals surface area (Å²) in [5.74, 6) is -0.702. The van der Waals surface area contributed by atoms with Gasteiger partial charge in [-0.15, -0.1) is 11.8 Å². The van der Waals surface area contributed by atoms with E-state index in [1.807, 2.05) is 55.5 Å². The lowest BCUT2D eigenvalue weighted by Gasteiger charge is -2.08. The highest BCUT2D eigenvalue weighted by atomic mass is 35.5. The van der Waals surface area contributed by atoms with Gasteiger partial charge in [0.2, 0.25) is 0 Å². The van der Waals surface area contributed by atoms with Crippen LogP contribution in [0.2, 0.25) is 5.02 Å². The molecule has 138 valence electrons. The Hall–Kier alpha value is -2.50. The number of nitrogens with one attached hydrogen (secondary N) is 1. The number of carbonyl (C=O) groups is 2. The van der Waals surface area contributed by atoms with Crippen LogP contribution in [-0.4, -0.2) is 24.2 Å². The number of hydrogen-bond acceptors (Lipinski definition) is 4. The number of carbonyl (C=O) groups excluding carboxylic acids is 2. The molecule has 0 aliphatic rings. The zero-order valence-corrected chi connectivity index (χ0v) is 16.3. The van der Waals surface area contributed by atoms with Crippen LogP contribution in [0.5, 0.6) is 0 Å². The van der Waals surface area contributed by atoms with Crippen LogP contribution < -0.4 is 5.32 Å². The van der Waals surface area contributed by atoms with Crippen LogP contribution in [0.3, 0.4) is 0 Å². The van der Waals surface area contributed by atoms with Crippen LogP contribution in [0.15, 0.2) is 65.6 Å². The van der Waals surface area contributed by atoms with Gasteiger partial charge < -0.3 is 10.1 Å². The van der Waals surface area contributed by atoms with Crippen molar-refractivity contribution in [2.45, 2.75) is 11.8 Å². The van der Waals surface area contributed by atoms with Crippen molar-refractivity contribution in [3.8, 4) is 0 Å². The average Bonchev–Trinajstić information content (AvgIpc) is 2.67. The van der Waals surface area contributed by atoms with E-state index in [0.717, 1.165) is 21.2 Å². The highest BCUT2D eigenvalue weighted by Crippen LogP contribution is 2.24. The highest BCUT2D eigenvalue weighted by molar-refractivity contribution is 8.00. The minimum atomic E-state index is -0.440. The number of esters is 1. The fourth-order valence-electron chi connectivity index (χ4n) is 2.45. The van der Waals surface area contributed by atoms with E-state index in [0.29, 0.717) is 10.7 Å². The van der Waals surface area contributed by atoms with Gasteiger partial charge in [0.15, 0.2) is 6.61 Å². The zero-order chi connectivity index (χ0) is 19.2. The monoisotopic (exact) mass is 399 g/mol. The molecule has 27 heavy (non-hydrogen) atoms. The summed E-state index contributed by atoms with van der Waals surface area (Å²) in [6.07, 6.45) is 0. The van der Waals surface area contributed by atoms with Gasteiger partial charge in [0.25, 0.3) is 5.91 Å². The molecule has 1 amide bonds. The van der Waals surface area contributed by atoms with Crippen molar-refractivity contribution in [2.24, 2.45) is 0 Å². The van der Waals surface area contributed by atoms with E-state index in [9.17, 15) is 9.59 Å². The second-order valence-corrected chi connectivity index (χ2v) is 7.43. The number of hydrogen-bond donors (Lipinski definition) is 1. The second kappa shape index (κ2) is 8.93. The summed E-state index contributed by atoms with van der Waals surface area (Å²) < 4.78 is 5.03. The van der Waals surface area contributed by atoms with Gasteiger partial charge in [-0.1, -0.05) is 48.0 Å². The fourth-order valence-corrected chi connectivity index (χ4v) is 3.38. The van der Waals surface area contributed by atoms with E-state index >= 15 is 0 Å². The normalized spacial score (nSPS) is 10.6. The number of thioether (sulfide) groups is 1. The Kier molecular flexibility index (Phi) is 6.37. The predicted octanol–water partition coefficient (Wildman–Crippen LogP) is 5.08. The van der Waals surface area contributed by atoms with Gasteiger partial charge in [0.1, 0.15) is 0 Å². The van der Waals surface area contributed by atoms with Crippen molar-refractivity contribution in [2.75, 3.05) is 17.7 Å². The van der Waals surface area contributed by atoms with Crippen molar-refractivity contribution < 1.29 is 14.3 Å². The lowest BCUT2D eigenvalue weighted by atomic mass is 10.1. The molecule has 0 bridgehead atoms. The summed E-state index contributed by atoms with van der Waals surface area (Å²) in [5.41, 5.74) is 1.49. The Balaban J connectivity index is 1.45. The molecule has 0 heterocycles. The van der Waals surface area contributed by atoms with E-state index in [1.54, 1.807) is 12.1 Å². The minimum Gasteiger partial charge on any atom is -0.455 e. The van der Waals surface area contributed by atoms with E-state index in [1.165, 1.54) is 11.8 Å². The van der Waals surface area contributed by atoms with Crippen molar-refractivity contribution in [1.29, 1.82) is 0 Å². The summed E-state index contributed by atoms with van der Waals surface area (Å²) in [4.78, 5) is 24.8. The number of anilines is 1. The molecule has 0 atom stereocenters. The Morgan fingerprint density at radius 3 is 2.59 bits per heavy atom. The number of ether oxygens (including phenoxy) is 1. The molecular formula is C21H18ClNO3S. The summed E-state index contributed by atoms with van der Waals surface area (Å²) >= 11 is 7.40. The number of fused-ring (bicyclic) bond motifs is 1. The van der Waals surface area contributed by atoms with Gasteiger partial charge in [-0.05, 0) is 47.5 Å². The molecule has 1 N–H and O–H groups in total. The predicted molar refractivity (Wildman–Crippen MR) is 110 cm³/mol. The maximum atomic E-state index is 11.9. The topological polar surface area (TPSA) is 55.4 Å². The Morgan fingerprint density at radius 2 is 1.81 bits per heavy atom. The number of rotatable bonds is 6. The highest BCUT2D eigenvalue weighted by Gasteiger charge is 2.09. The first-order chi connectivity index (χ1) is 13.0. The van der Waals surface area contributed by atoms with E-state index in [2.05, 4.69) is 5.32 Å². The van der Waals surface area contributed by atoms with Crippen LogP contribution in [0, 0.1) is 6.92 Å². The molecule has 0 aliphatic heterocycles. The first kappa shape index (κ1) is 19.3. The van der Waals surface area contributed by atoms with E-state index in [-0.39, 0.29) is 12.4 Å². The third kappa shape index (κ3) is 5.49. The zero-order valence-electron chi connectivity index (χ0n) is 14.7. The van der Waals surface area contributed by atoms with Crippen molar-refractivity contribution in [3.63, 3.8) is 0 Å². The molecule has 0 saturated heterocycles. The van der Waals surface area contributed by atoms with Gasteiger partial charge in [-0.25, -0.2) is 0 Å². The number of amides is 1. The largest absolute Gasteiger partial charge is 0.455 e. The second-order valence-electron chi connectivity index (χ2n) is 5.97. The van der Waals surface area contributed by atoms with Gasteiger partial charge >= 0.3 is 5.97 Å². The van der Waals surface area contributed by atoms with Crippen molar-refractivity contribution in [1.82, 2.24) is 0 Å². The van der Waals surface area contributed by atoms with Crippen LogP contribution >= 0.6 is 23.4 Å². The molecule has 3 aromatic rings. The Morgan fingerprint density at radius 1 is 1.04 bits per heavy atom. The number of aryl methyl sites for hydroxylation is 1. The van der Waals surface area contributed by atoms with Crippen molar-refractivity contribution in [3.05, 3.63) is 71.2 Å². The maximum Gasteiger partial charge on any atom is 0.316 e. The molecule has 6 heteroatoms. The molecular weight excluding hydrogens is 382 g/mol. The molecule has 0 unspecified atom stereocenters. The molecule has 3 rings (SSSR count). The first-order valence-electron chi connectivity index (χ1n) is 8.34. The smallest absolute Gasteiger partial charge is 0.316 e. The maximum absolute atomic E-state index is 11.9. The quantitative estimate of drug-likeness (QED) is 0.464. The van der Waals surface area contributed by atoms with Crippen LogP contribution in [-0.2, 0) is 14.3 Å². The third-order valence-electron chi connectivity index (χ3n) is 3.90. The third-order valence-corrected chi connectivity index (χ3v) is 5.27. The van der Waals surface area contributed by atoms with E-state index in [4.69, 9.17) is 16.3 Å². The Bertz CT molecular complexity index is 990. The number of halogens is 1. The van der Waals surface area contributed by atoms with Crippen LogP contribution in [0.25, 0.3) is 10.8 Å². The van der Waals surface area contributed by atoms with Gasteiger partial charge in [-0.2, -0.15) is 0 Å². The summed E-state index contributed by atoms with van der Waals surface area (Å²) in [5, 5.41) is 5.49. The fraction of sp³-hybridized carbons (Fsp3) is 0.143. The number of benzene rings is 3. The molecule has 0 radical (unpaired) electrons. The summed E-state index contributed by atoms with van der Waals surface area (Å²) in [7, 11) is 0. The molecule has 0 fully saturated rings. The molecule has 0 spiro atoms. The van der Waals surface area contributed by atoms with Gasteiger partial charge in [0, 0.05) is 15.6 Å².